The molecule has 19 heavy (non-hydrogen) atoms. The zero-order chi connectivity index (χ0) is 13.8. The molecule has 1 aromatic rings. The van der Waals surface area contributed by atoms with Crippen molar-refractivity contribution in [3.05, 3.63) is 29.3 Å². The highest BCUT2D eigenvalue weighted by molar-refractivity contribution is 5.41. The first-order valence-corrected chi connectivity index (χ1v) is 7.24. The Labute approximate surface area is 116 Å². The van der Waals surface area contributed by atoms with Gasteiger partial charge in [-0.15, -0.1) is 0 Å². The summed E-state index contributed by atoms with van der Waals surface area (Å²) < 4.78 is 5.59. The average molecular weight is 262 g/mol. The average Bonchev–Trinajstić information content (AvgIpc) is 2.85. The zero-order valence-electron chi connectivity index (χ0n) is 12.5. The molecule has 3 heteroatoms. The van der Waals surface area contributed by atoms with E-state index >= 15 is 0 Å². The minimum atomic E-state index is 0.387. The molecule has 0 saturated heterocycles. The van der Waals surface area contributed by atoms with Gasteiger partial charge in [0.2, 0.25) is 0 Å². The van der Waals surface area contributed by atoms with E-state index < -0.39 is 0 Å². The lowest BCUT2D eigenvalue weighted by Gasteiger charge is -2.30. The van der Waals surface area contributed by atoms with Gasteiger partial charge in [-0.05, 0) is 49.7 Å². The summed E-state index contributed by atoms with van der Waals surface area (Å²) >= 11 is 0. The van der Waals surface area contributed by atoms with Crippen molar-refractivity contribution < 1.29 is 4.74 Å². The first-order chi connectivity index (χ1) is 9.17. The van der Waals surface area contributed by atoms with Gasteiger partial charge >= 0.3 is 0 Å². The van der Waals surface area contributed by atoms with E-state index in [0.29, 0.717) is 17.9 Å². The molecule has 0 aliphatic carbocycles. The fraction of sp³-hybridized carbons (Fsp3) is 0.625. The van der Waals surface area contributed by atoms with Crippen LogP contribution in [0.2, 0.25) is 0 Å². The summed E-state index contributed by atoms with van der Waals surface area (Å²) in [6.07, 6.45) is 1.04. The molecular formula is C16H26N2O. The SMILES string of the molecule is CNCC(C(C)C)C(NC)c1ccc2c(c1)CCO2. The lowest BCUT2D eigenvalue weighted by atomic mass is 9.84. The van der Waals surface area contributed by atoms with Crippen LogP contribution in [0.1, 0.15) is 31.0 Å². The largest absolute Gasteiger partial charge is 0.493 e. The minimum Gasteiger partial charge on any atom is -0.493 e. The standard InChI is InChI=1S/C16H26N2O/c1-11(2)14(10-17-3)16(18-4)13-5-6-15-12(9-13)7-8-19-15/h5-6,9,11,14,16-18H,7-8,10H2,1-4H3. The third kappa shape index (κ3) is 3.10. The Morgan fingerprint density at radius 2 is 2.05 bits per heavy atom. The molecule has 2 atom stereocenters. The van der Waals surface area contributed by atoms with Crippen LogP contribution < -0.4 is 15.4 Å². The summed E-state index contributed by atoms with van der Waals surface area (Å²) in [5.41, 5.74) is 2.73. The number of nitrogens with one attached hydrogen (secondary N) is 2. The molecule has 3 nitrogen and oxygen atoms in total. The van der Waals surface area contributed by atoms with Crippen molar-refractivity contribution in [1.82, 2.24) is 10.6 Å². The maximum atomic E-state index is 5.59. The van der Waals surface area contributed by atoms with Crippen LogP contribution in [0.25, 0.3) is 0 Å². The Balaban J connectivity index is 2.25. The smallest absolute Gasteiger partial charge is 0.122 e. The van der Waals surface area contributed by atoms with Crippen LogP contribution in [0, 0.1) is 11.8 Å². The van der Waals surface area contributed by atoms with Gasteiger partial charge in [0, 0.05) is 12.5 Å². The summed E-state index contributed by atoms with van der Waals surface area (Å²) in [7, 11) is 4.08. The number of ether oxygens (including phenoxy) is 1. The summed E-state index contributed by atoms with van der Waals surface area (Å²) in [4.78, 5) is 0. The van der Waals surface area contributed by atoms with Gasteiger partial charge < -0.3 is 15.4 Å². The topological polar surface area (TPSA) is 33.3 Å². The molecule has 1 heterocycles. The molecule has 0 amide bonds. The number of hydrogen-bond acceptors (Lipinski definition) is 3. The van der Waals surface area contributed by atoms with Gasteiger partial charge in [0.25, 0.3) is 0 Å². The van der Waals surface area contributed by atoms with Gasteiger partial charge in [-0.3, -0.25) is 0 Å². The van der Waals surface area contributed by atoms with Crippen LogP contribution in [0.4, 0.5) is 0 Å². The van der Waals surface area contributed by atoms with Crippen molar-refractivity contribution in [3.63, 3.8) is 0 Å². The molecule has 0 fully saturated rings. The molecule has 1 aliphatic heterocycles. The molecule has 2 N–H and O–H groups in total. The Morgan fingerprint density at radius 1 is 1.26 bits per heavy atom. The van der Waals surface area contributed by atoms with Crippen LogP contribution >= 0.6 is 0 Å². The second kappa shape index (κ2) is 6.40. The van der Waals surface area contributed by atoms with Gasteiger partial charge in [0.05, 0.1) is 6.61 Å². The van der Waals surface area contributed by atoms with E-state index in [4.69, 9.17) is 4.74 Å². The molecule has 106 valence electrons. The summed E-state index contributed by atoms with van der Waals surface area (Å²) in [5.74, 6) is 2.28. The number of hydrogen-bond donors (Lipinski definition) is 2. The van der Waals surface area contributed by atoms with Gasteiger partial charge in [0.1, 0.15) is 5.75 Å². The summed E-state index contributed by atoms with van der Waals surface area (Å²) in [6.45, 7) is 6.44. The Hall–Kier alpha value is -1.06. The third-order valence-corrected chi connectivity index (χ3v) is 4.11. The number of benzene rings is 1. The Morgan fingerprint density at radius 3 is 2.68 bits per heavy atom. The predicted molar refractivity (Wildman–Crippen MR) is 79.7 cm³/mol. The van der Waals surface area contributed by atoms with Gasteiger partial charge in [-0.2, -0.15) is 0 Å². The molecule has 2 rings (SSSR count). The highest BCUT2D eigenvalue weighted by Crippen LogP contribution is 2.32. The molecule has 0 saturated carbocycles. The lowest BCUT2D eigenvalue weighted by molar-refractivity contribution is 0.284. The molecule has 0 aromatic heterocycles. The van der Waals surface area contributed by atoms with Crippen LogP contribution in [0.15, 0.2) is 18.2 Å². The molecular weight excluding hydrogens is 236 g/mol. The Kier molecular flexibility index (Phi) is 4.83. The van der Waals surface area contributed by atoms with E-state index in [1.54, 1.807) is 0 Å². The zero-order valence-corrected chi connectivity index (χ0v) is 12.5. The second-order valence-corrected chi connectivity index (χ2v) is 5.70. The number of rotatable bonds is 6. The molecule has 0 bridgehead atoms. The van der Waals surface area contributed by atoms with Crippen molar-refractivity contribution in [3.8, 4) is 5.75 Å². The molecule has 1 aromatic carbocycles. The van der Waals surface area contributed by atoms with E-state index in [-0.39, 0.29) is 0 Å². The highest BCUT2D eigenvalue weighted by Gasteiger charge is 2.25. The molecule has 2 unspecified atom stereocenters. The fourth-order valence-corrected chi connectivity index (χ4v) is 3.00. The van der Waals surface area contributed by atoms with Crippen molar-refractivity contribution in [2.75, 3.05) is 27.2 Å². The van der Waals surface area contributed by atoms with Crippen LogP contribution in [-0.4, -0.2) is 27.2 Å². The fourth-order valence-electron chi connectivity index (χ4n) is 3.00. The quantitative estimate of drug-likeness (QED) is 0.826. The monoisotopic (exact) mass is 262 g/mol. The molecule has 0 spiro atoms. The molecule has 0 radical (unpaired) electrons. The van der Waals surface area contributed by atoms with E-state index in [1.165, 1.54) is 11.1 Å². The van der Waals surface area contributed by atoms with Crippen molar-refractivity contribution in [2.24, 2.45) is 11.8 Å². The first-order valence-electron chi connectivity index (χ1n) is 7.24. The maximum absolute atomic E-state index is 5.59. The van der Waals surface area contributed by atoms with Gasteiger partial charge in [-0.25, -0.2) is 0 Å². The van der Waals surface area contributed by atoms with Crippen LogP contribution in [0.5, 0.6) is 5.75 Å². The van der Waals surface area contributed by atoms with Crippen molar-refractivity contribution >= 4 is 0 Å². The number of fused-ring (bicyclic) bond motifs is 1. The Bertz CT molecular complexity index is 417. The van der Waals surface area contributed by atoms with Crippen LogP contribution in [0.3, 0.4) is 0 Å². The first kappa shape index (κ1) is 14.4. The highest BCUT2D eigenvalue weighted by atomic mass is 16.5. The van der Waals surface area contributed by atoms with E-state index in [0.717, 1.165) is 25.3 Å². The third-order valence-electron chi connectivity index (χ3n) is 4.11. The molecule has 1 aliphatic rings. The van der Waals surface area contributed by atoms with E-state index in [2.05, 4.69) is 49.7 Å². The van der Waals surface area contributed by atoms with E-state index in [9.17, 15) is 0 Å². The van der Waals surface area contributed by atoms with Crippen molar-refractivity contribution in [1.29, 1.82) is 0 Å². The second-order valence-electron chi connectivity index (χ2n) is 5.70. The predicted octanol–water partition coefficient (Wildman–Crippen LogP) is 2.37. The van der Waals surface area contributed by atoms with Gasteiger partial charge in [-0.1, -0.05) is 26.0 Å². The summed E-state index contributed by atoms with van der Waals surface area (Å²) in [5, 5.41) is 6.82. The minimum absolute atomic E-state index is 0.387. The maximum Gasteiger partial charge on any atom is 0.122 e. The van der Waals surface area contributed by atoms with Crippen molar-refractivity contribution in [2.45, 2.75) is 26.3 Å². The van der Waals surface area contributed by atoms with E-state index in [1.807, 2.05) is 7.05 Å². The normalized spacial score (nSPS) is 17.1. The van der Waals surface area contributed by atoms with Crippen LogP contribution in [-0.2, 0) is 6.42 Å². The van der Waals surface area contributed by atoms with Gasteiger partial charge in [0.15, 0.2) is 0 Å². The lowest BCUT2D eigenvalue weighted by Crippen LogP contribution is -2.35. The summed E-state index contributed by atoms with van der Waals surface area (Å²) in [6, 6.07) is 7.03.